The second-order valence-electron chi connectivity index (χ2n) is 4.68. The lowest BCUT2D eigenvalue weighted by molar-refractivity contribution is -0.129. The molecule has 0 unspecified atom stereocenters. The molecule has 0 aliphatic carbocycles. The number of anilines is 1. The summed E-state index contributed by atoms with van der Waals surface area (Å²) < 4.78 is 0. The number of hydrogen-bond acceptors (Lipinski definition) is 5. The van der Waals surface area contributed by atoms with Gasteiger partial charge in [0.1, 0.15) is 0 Å². The van der Waals surface area contributed by atoms with Crippen LogP contribution in [0.4, 0.5) is 5.69 Å². The molecular formula is C16H19N5O2. The number of nitrogens with one attached hydrogen (secondary N) is 2. The van der Waals surface area contributed by atoms with Gasteiger partial charge in [0.25, 0.3) is 5.91 Å². The summed E-state index contributed by atoms with van der Waals surface area (Å²) in [7, 11) is 1.54. The van der Waals surface area contributed by atoms with Crippen LogP contribution in [0.2, 0.25) is 0 Å². The number of para-hydroxylation sites is 1. The largest absolute Gasteiger partial charge is 0.376 e. The van der Waals surface area contributed by atoms with Crippen molar-refractivity contribution in [1.29, 1.82) is 10.5 Å². The second-order valence-corrected chi connectivity index (χ2v) is 4.68. The molecule has 0 saturated carbocycles. The number of amides is 2. The summed E-state index contributed by atoms with van der Waals surface area (Å²) in [4.78, 5) is 25.5. The highest BCUT2D eigenvalue weighted by Gasteiger charge is 2.14. The first kappa shape index (κ1) is 18.0. The fraction of sp³-hybridized carbons (Fsp3) is 0.375. The third-order valence-electron chi connectivity index (χ3n) is 3.17. The van der Waals surface area contributed by atoms with Crippen molar-refractivity contribution in [3.05, 3.63) is 29.8 Å². The number of rotatable bonds is 8. The predicted molar refractivity (Wildman–Crippen MR) is 85.4 cm³/mol. The zero-order valence-electron chi connectivity index (χ0n) is 13.0. The van der Waals surface area contributed by atoms with E-state index in [-0.39, 0.29) is 44.3 Å². The van der Waals surface area contributed by atoms with Gasteiger partial charge >= 0.3 is 0 Å². The first-order valence-electron chi connectivity index (χ1n) is 7.20. The van der Waals surface area contributed by atoms with Crippen molar-refractivity contribution in [2.24, 2.45) is 0 Å². The quantitative estimate of drug-likeness (QED) is 0.747. The van der Waals surface area contributed by atoms with E-state index in [9.17, 15) is 9.59 Å². The highest BCUT2D eigenvalue weighted by Crippen LogP contribution is 2.14. The summed E-state index contributed by atoms with van der Waals surface area (Å²) in [5.41, 5.74) is 1.00. The molecule has 0 atom stereocenters. The fourth-order valence-electron chi connectivity index (χ4n) is 1.98. The van der Waals surface area contributed by atoms with E-state index in [4.69, 9.17) is 10.5 Å². The molecule has 0 aromatic heterocycles. The molecule has 7 heteroatoms. The predicted octanol–water partition coefficient (Wildman–Crippen LogP) is 1.11. The van der Waals surface area contributed by atoms with Crippen molar-refractivity contribution in [3.63, 3.8) is 0 Å². The molecule has 2 N–H and O–H groups in total. The zero-order valence-corrected chi connectivity index (χ0v) is 13.0. The highest BCUT2D eigenvalue weighted by molar-refractivity contribution is 5.99. The van der Waals surface area contributed by atoms with E-state index in [1.54, 1.807) is 24.3 Å². The van der Waals surface area contributed by atoms with Crippen LogP contribution < -0.4 is 10.6 Å². The molecule has 0 bridgehead atoms. The monoisotopic (exact) mass is 313 g/mol. The van der Waals surface area contributed by atoms with Gasteiger partial charge in [0.05, 0.1) is 37.1 Å². The number of hydrogen-bond donors (Lipinski definition) is 2. The van der Waals surface area contributed by atoms with Crippen LogP contribution >= 0.6 is 0 Å². The number of carbonyl (C=O) groups excluding carboxylic acids is 2. The molecule has 0 heterocycles. The van der Waals surface area contributed by atoms with E-state index >= 15 is 0 Å². The van der Waals surface area contributed by atoms with Crippen LogP contribution in [0.15, 0.2) is 24.3 Å². The molecule has 23 heavy (non-hydrogen) atoms. The molecule has 7 nitrogen and oxygen atoms in total. The first-order chi connectivity index (χ1) is 11.1. The normalized spacial score (nSPS) is 9.35. The molecule has 1 rings (SSSR count). The van der Waals surface area contributed by atoms with Gasteiger partial charge < -0.3 is 15.5 Å². The third kappa shape index (κ3) is 5.68. The molecule has 1 aromatic rings. The molecule has 0 aliphatic heterocycles. The Hall–Kier alpha value is -3.06. The summed E-state index contributed by atoms with van der Waals surface area (Å²) >= 11 is 0. The summed E-state index contributed by atoms with van der Waals surface area (Å²) in [6.07, 6.45) is 0.429. The number of nitrogens with zero attached hydrogens (tertiary/aromatic N) is 3. The lowest BCUT2D eigenvalue weighted by Crippen LogP contribution is -2.37. The lowest BCUT2D eigenvalue weighted by atomic mass is 10.1. The average molecular weight is 313 g/mol. The van der Waals surface area contributed by atoms with Gasteiger partial charge in [0.15, 0.2) is 0 Å². The molecule has 0 radical (unpaired) electrons. The number of nitriles is 2. The van der Waals surface area contributed by atoms with Crippen molar-refractivity contribution >= 4 is 17.5 Å². The first-order valence-corrected chi connectivity index (χ1v) is 7.20. The molecule has 0 aliphatic rings. The van der Waals surface area contributed by atoms with Crippen molar-refractivity contribution in [2.45, 2.75) is 12.8 Å². The van der Waals surface area contributed by atoms with Crippen LogP contribution in [-0.2, 0) is 4.79 Å². The topological polar surface area (TPSA) is 109 Å². The number of benzene rings is 1. The van der Waals surface area contributed by atoms with E-state index in [0.29, 0.717) is 11.3 Å². The molecule has 1 aromatic carbocycles. The van der Waals surface area contributed by atoms with Gasteiger partial charge in [-0.2, -0.15) is 10.5 Å². The second kappa shape index (κ2) is 9.80. The Morgan fingerprint density at radius 2 is 1.74 bits per heavy atom. The van der Waals surface area contributed by atoms with Crippen molar-refractivity contribution < 1.29 is 9.59 Å². The summed E-state index contributed by atoms with van der Waals surface area (Å²) in [6, 6.07) is 10.9. The van der Waals surface area contributed by atoms with Gasteiger partial charge in [-0.1, -0.05) is 12.1 Å². The van der Waals surface area contributed by atoms with Crippen LogP contribution in [-0.4, -0.2) is 43.4 Å². The molecule has 120 valence electrons. The van der Waals surface area contributed by atoms with Crippen molar-refractivity contribution in [1.82, 2.24) is 10.2 Å². The molecule has 0 saturated heterocycles. The SMILES string of the molecule is CNC(=O)c1ccccc1NCC(=O)N(CCC#N)CCC#N. The van der Waals surface area contributed by atoms with E-state index < -0.39 is 0 Å². The van der Waals surface area contributed by atoms with Crippen LogP contribution in [0.3, 0.4) is 0 Å². The minimum Gasteiger partial charge on any atom is -0.376 e. The summed E-state index contributed by atoms with van der Waals surface area (Å²) in [6.45, 7) is 0.566. The van der Waals surface area contributed by atoms with E-state index in [2.05, 4.69) is 10.6 Å². The molecule has 0 spiro atoms. The summed E-state index contributed by atoms with van der Waals surface area (Å²) in [5, 5.41) is 22.8. The van der Waals surface area contributed by atoms with E-state index in [1.807, 2.05) is 12.1 Å². The van der Waals surface area contributed by atoms with Gasteiger partial charge in [-0.15, -0.1) is 0 Å². The Bertz CT molecular complexity index is 612. The standard InChI is InChI=1S/C16H19N5O2/c1-19-16(23)13-6-2-3-7-14(13)20-12-15(22)21(10-4-8-17)11-5-9-18/h2-3,6-7,20H,4-5,10-12H2,1H3,(H,19,23). The molecule has 2 amide bonds. The Balaban J connectivity index is 2.72. The molecule has 0 fully saturated rings. The third-order valence-corrected chi connectivity index (χ3v) is 3.17. The maximum Gasteiger partial charge on any atom is 0.253 e. The number of carbonyl (C=O) groups is 2. The van der Waals surface area contributed by atoms with E-state index in [1.165, 1.54) is 11.9 Å². The van der Waals surface area contributed by atoms with Crippen LogP contribution in [0.5, 0.6) is 0 Å². The highest BCUT2D eigenvalue weighted by atomic mass is 16.2. The van der Waals surface area contributed by atoms with Gasteiger partial charge in [0.2, 0.25) is 5.91 Å². The Morgan fingerprint density at radius 3 is 2.30 bits per heavy atom. The minimum absolute atomic E-state index is 0.00906. The van der Waals surface area contributed by atoms with Gasteiger partial charge in [-0.05, 0) is 12.1 Å². The van der Waals surface area contributed by atoms with E-state index in [0.717, 1.165) is 0 Å². The lowest BCUT2D eigenvalue weighted by Gasteiger charge is -2.21. The average Bonchev–Trinajstić information content (AvgIpc) is 2.59. The fourth-order valence-corrected chi connectivity index (χ4v) is 1.98. The van der Waals surface area contributed by atoms with Gasteiger partial charge in [0, 0.05) is 25.8 Å². The smallest absolute Gasteiger partial charge is 0.253 e. The Kier molecular flexibility index (Phi) is 7.67. The van der Waals surface area contributed by atoms with Crippen molar-refractivity contribution in [2.75, 3.05) is 32.0 Å². The Labute approximate surface area is 135 Å². The van der Waals surface area contributed by atoms with Crippen LogP contribution in [0, 0.1) is 22.7 Å². The minimum atomic E-state index is -0.244. The van der Waals surface area contributed by atoms with Crippen LogP contribution in [0.1, 0.15) is 23.2 Å². The van der Waals surface area contributed by atoms with Crippen molar-refractivity contribution in [3.8, 4) is 12.1 Å². The summed E-state index contributed by atoms with van der Waals surface area (Å²) in [5.74, 6) is -0.464. The maximum atomic E-state index is 12.2. The van der Waals surface area contributed by atoms with Crippen LogP contribution in [0.25, 0.3) is 0 Å². The zero-order chi connectivity index (χ0) is 17.1. The molecular weight excluding hydrogens is 294 g/mol. The Morgan fingerprint density at radius 1 is 1.13 bits per heavy atom. The maximum absolute atomic E-state index is 12.2. The van der Waals surface area contributed by atoms with Gasteiger partial charge in [-0.3, -0.25) is 9.59 Å². The van der Waals surface area contributed by atoms with Gasteiger partial charge in [-0.25, -0.2) is 0 Å².